The SMILES string of the molecule is [C-]#[N+]c1ccc2c(c1)c(N(C)c1ccccc1)nc1nncn12. The molecule has 4 rings (SSSR count). The summed E-state index contributed by atoms with van der Waals surface area (Å²) in [6.07, 6.45) is 1.63. The molecule has 2 aromatic heterocycles. The second kappa shape index (κ2) is 5.07. The Morgan fingerprint density at radius 1 is 1.13 bits per heavy atom. The molecule has 23 heavy (non-hydrogen) atoms. The zero-order chi connectivity index (χ0) is 15.8. The third kappa shape index (κ3) is 2.07. The van der Waals surface area contributed by atoms with E-state index in [-0.39, 0.29) is 0 Å². The average Bonchev–Trinajstić information content (AvgIpc) is 3.09. The summed E-state index contributed by atoms with van der Waals surface area (Å²) < 4.78 is 1.82. The maximum Gasteiger partial charge on any atom is 0.257 e. The number of benzene rings is 2. The molecular weight excluding hydrogens is 288 g/mol. The molecule has 110 valence electrons. The molecule has 0 saturated heterocycles. The van der Waals surface area contributed by atoms with Gasteiger partial charge in [-0.05, 0) is 24.3 Å². The van der Waals surface area contributed by atoms with E-state index in [1.807, 2.05) is 58.8 Å². The molecule has 6 nitrogen and oxygen atoms in total. The molecule has 0 aliphatic rings. The second-order valence-electron chi connectivity index (χ2n) is 5.14. The Bertz CT molecular complexity index is 1050. The first kappa shape index (κ1) is 13.2. The lowest BCUT2D eigenvalue weighted by Crippen LogP contribution is -2.12. The summed E-state index contributed by atoms with van der Waals surface area (Å²) in [4.78, 5) is 10.1. The van der Waals surface area contributed by atoms with E-state index in [9.17, 15) is 0 Å². The molecule has 0 aliphatic heterocycles. The second-order valence-corrected chi connectivity index (χ2v) is 5.14. The summed E-state index contributed by atoms with van der Waals surface area (Å²) in [5.74, 6) is 1.28. The van der Waals surface area contributed by atoms with Crippen molar-refractivity contribution >= 4 is 33.9 Å². The predicted molar refractivity (Wildman–Crippen MR) is 89.1 cm³/mol. The number of aromatic nitrogens is 4. The van der Waals surface area contributed by atoms with E-state index in [0.29, 0.717) is 11.5 Å². The molecule has 0 saturated carbocycles. The Balaban J connectivity index is 2.05. The Kier molecular flexibility index (Phi) is 2.91. The first-order chi connectivity index (χ1) is 11.3. The van der Waals surface area contributed by atoms with E-state index in [1.54, 1.807) is 12.4 Å². The summed E-state index contributed by atoms with van der Waals surface area (Å²) in [6, 6.07) is 15.5. The number of rotatable bonds is 2. The summed E-state index contributed by atoms with van der Waals surface area (Å²) >= 11 is 0. The smallest absolute Gasteiger partial charge is 0.257 e. The van der Waals surface area contributed by atoms with Crippen molar-refractivity contribution in [3.63, 3.8) is 0 Å². The first-order valence-corrected chi connectivity index (χ1v) is 7.07. The lowest BCUT2D eigenvalue weighted by Gasteiger charge is -2.20. The van der Waals surface area contributed by atoms with Gasteiger partial charge in [0.25, 0.3) is 5.78 Å². The molecule has 0 radical (unpaired) electrons. The maximum absolute atomic E-state index is 7.25. The summed E-state index contributed by atoms with van der Waals surface area (Å²) in [7, 11) is 1.95. The van der Waals surface area contributed by atoms with Crippen LogP contribution in [0.15, 0.2) is 54.9 Å². The molecule has 0 N–H and O–H groups in total. The topological polar surface area (TPSA) is 50.7 Å². The van der Waals surface area contributed by atoms with Gasteiger partial charge in [-0.1, -0.05) is 24.3 Å². The van der Waals surface area contributed by atoms with Crippen molar-refractivity contribution in [1.29, 1.82) is 0 Å². The Morgan fingerprint density at radius 2 is 1.96 bits per heavy atom. The van der Waals surface area contributed by atoms with Crippen LogP contribution in [0.4, 0.5) is 17.2 Å². The van der Waals surface area contributed by atoms with Gasteiger partial charge >= 0.3 is 0 Å². The zero-order valence-electron chi connectivity index (χ0n) is 12.4. The highest BCUT2D eigenvalue weighted by Crippen LogP contribution is 2.32. The van der Waals surface area contributed by atoms with Gasteiger partial charge in [0, 0.05) is 18.1 Å². The van der Waals surface area contributed by atoms with Crippen LogP contribution in [0.3, 0.4) is 0 Å². The molecule has 0 spiro atoms. The third-order valence-corrected chi connectivity index (χ3v) is 3.81. The molecule has 0 aliphatic carbocycles. The van der Waals surface area contributed by atoms with Crippen molar-refractivity contribution in [2.45, 2.75) is 0 Å². The molecule has 6 heteroatoms. The highest BCUT2D eigenvalue weighted by atomic mass is 15.3. The summed E-state index contributed by atoms with van der Waals surface area (Å²) in [5.41, 5.74) is 2.51. The fourth-order valence-electron chi connectivity index (χ4n) is 2.64. The molecule has 0 bridgehead atoms. The zero-order valence-corrected chi connectivity index (χ0v) is 12.4. The van der Waals surface area contributed by atoms with Gasteiger partial charge in [-0.2, -0.15) is 4.98 Å². The number of para-hydroxylation sites is 1. The molecule has 2 aromatic carbocycles. The monoisotopic (exact) mass is 300 g/mol. The number of nitrogens with zero attached hydrogens (tertiary/aromatic N) is 6. The van der Waals surface area contributed by atoms with Gasteiger partial charge in [0.2, 0.25) is 0 Å². The van der Waals surface area contributed by atoms with Crippen LogP contribution in [0.2, 0.25) is 0 Å². The highest BCUT2D eigenvalue weighted by molar-refractivity contribution is 5.95. The summed E-state index contributed by atoms with van der Waals surface area (Å²) in [6.45, 7) is 7.25. The Hall–Kier alpha value is -3.46. The van der Waals surface area contributed by atoms with Gasteiger partial charge in [0.05, 0.1) is 12.1 Å². The third-order valence-electron chi connectivity index (χ3n) is 3.81. The molecule has 0 amide bonds. The van der Waals surface area contributed by atoms with Crippen molar-refractivity contribution in [1.82, 2.24) is 19.6 Å². The molecule has 0 fully saturated rings. The number of hydrogen-bond donors (Lipinski definition) is 0. The predicted octanol–water partition coefficient (Wildman–Crippen LogP) is 3.60. The van der Waals surface area contributed by atoms with Gasteiger partial charge in [-0.3, -0.25) is 4.40 Å². The van der Waals surface area contributed by atoms with Crippen LogP contribution in [0, 0.1) is 6.57 Å². The van der Waals surface area contributed by atoms with Crippen LogP contribution in [0.1, 0.15) is 0 Å². The Labute approximate surface area is 132 Å². The van der Waals surface area contributed by atoms with Crippen LogP contribution >= 0.6 is 0 Å². The highest BCUT2D eigenvalue weighted by Gasteiger charge is 2.14. The maximum atomic E-state index is 7.25. The van der Waals surface area contributed by atoms with Crippen LogP contribution in [-0.4, -0.2) is 26.6 Å². The van der Waals surface area contributed by atoms with Crippen LogP contribution in [-0.2, 0) is 0 Å². The fourth-order valence-corrected chi connectivity index (χ4v) is 2.64. The standard InChI is InChI=1S/C17H12N6/c1-18-12-8-9-15-14(10-12)16(20-17-21-19-11-23(15)17)22(2)13-6-4-3-5-7-13/h3-11H,2H3. The molecular formula is C17H12N6. The van der Waals surface area contributed by atoms with E-state index in [2.05, 4.69) is 20.0 Å². The van der Waals surface area contributed by atoms with E-state index in [1.165, 1.54) is 0 Å². The van der Waals surface area contributed by atoms with Crippen LogP contribution in [0.25, 0.3) is 21.5 Å². The lowest BCUT2D eigenvalue weighted by atomic mass is 10.2. The molecule has 0 unspecified atom stereocenters. The Morgan fingerprint density at radius 3 is 2.74 bits per heavy atom. The number of hydrogen-bond acceptors (Lipinski definition) is 4. The minimum atomic E-state index is 0.533. The minimum absolute atomic E-state index is 0.533. The van der Waals surface area contributed by atoms with E-state index >= 15 is 0 Å². The van der Waals surface area contributed by atoms with E-state index < -0.39 is 0 Å². The number of fused-ring (bicyclic) bond motifs is 3. The summed E-state index contributed by atoms with van der Waals surface area (Å²) in [5, 5.41) is 8.89. The van der Waals surface area contributed by atoms with Crippen molar-refractivity contribution in [2.75, 3.05) is 11.9 Å². The van der Waals surface area contributed by atoms with E-state index in [0.717, 1.165) is 22.4 Å². The van der Waals surface area contributed by atoms with Crippen molar-refractivity contribution in [3.05, 3.63) is 66.3 Å². The number of anilines is 2. The largest absolute Gasteiger partial charge is 0.329 e. The van der Waals surface area contributed by atoms with Crippen LogP contribution in [0.5, 0.6) is 0 Å². The van der Waals surface area contributed by atoms with Crippen molar-refractivity contribution < 1.29 is 0 Å². The van der Waals surface area contributed by atoms with Gasteiger partial charge in [0.15, 0.2) is 5.69 Å². The van der Waals surface area contributed by atoms with Crippen molar-refractivity contribution in [2.24, 2.45) is 0 Å². The molecule has 0 atom stereocenters. The average molecular weight is 300 g/mol. The van der Waals surface area contributed by atoms with Crippen molar-refractivity contribution in [3.8, 4) is 0 Å². The quantitative estimate of drug-likeness (QED) is 0.531. The van der Waals surface area contributed by atoms with Crippen LogP contribution < -0.4 is 4.90 Å². The normalized spacial score (nSPS) is 10.8. The lowest BCUT2D eigenvalue weighted by molar-refractivity contribution is 1.08. The van der Waals surface area contributed by atoms with E-state index in [4.69, 9.17) is 6.57 Å². The van der Waals surface area contributed by atoms with Gasteiger partial charge in [-0.25, -0.2) is 4.85 Å². The molecule has 4 aromatic rings. The molecule has 2 heterocycles. The first-order valence-electron chi connectivity index (χ1n) is 7.07. The van der Waals surface area contributed by atoms with Gasteiger partial charge in [0.1, 0.15) is 12.1 Å². The van der Waals surface area contributed by atoms with Gasteiger partial charge in [-0.15, -0.1) is 10.2 Å². The minimum Gasteiger partial charge on any atom is -0.329 e. The fraction of sp³-hybridized carbons (Fsp3) is 0.0588. The van der Waals surface area contributed by atoms with Gasteiger partial charge < -0.3 is 4.90 Å².